The van der Waals surface area contributed by atoms with Gasteiger partial charge in [0.1, 0.15) is 24.5 Å². The molecule has 0 aromatic carbocycles. The molecule has 0 aliphatic carbocycles. The first kappa shape index (κ1) is 70.5. The highest BCUT2D eigenvalue weighted by Gasteiger charge is 2.27. The Morgan fingerprint density at radius 3 is 1.01 bits per heavy atom. The third-order valence-corrected chi connectivity index (χ3v) is 14.2. The molecule has 11 nitrogen and oxygen atoms in total. The summed E-state index contributed by atoms with van der Waals surface area (Å²) in [7, 11) is 0. The van der Waals surface area contributed by atoms with Crippen LogP contribution in [0.15, 0.2) is 11.5 Å². The number of carbonyl (C=O) groups excluding carboxylic acids is 4. The lowest BCUT2D eigenvalue weighted by molar-refractivity contribution is -0.155. The maximum atomic E-state index is 13.8. The molecule has 0 bridgehead atoms. The minimum Gasteiger partial charge on any atom is -0.462 e. The first-order valence-corrected chi connectivity index (χ1v) is 31.2. The molecule has 0 heterocycles. The molecule has 0 fully saturated rings. The minimum absolute atomic E-state index is 0.0704. The Morgan fingerprint density at radius 2 is 0.699 bits per heavy atom. The topological polar surface area (TPSA) is 158 Å². The number of ether oxygens (including phenoxy) is 4. The predicted molar refractivity (Wildman–Crippen MR) is 301 cm³/mol. The van der Waals surface area contributed by atoms with Crippen LogP contribution in [0.25, 0.3) is 0 Å². The van der Waals surface area contributed by atoms with Crippen LogP contribution in [0.3, 0.4) is 0 Å². The number of aliphatic hydroxyl groups excluding tert-OH is 2. The van der Waals surface area contributed by atoms with Crippen molar-refractivity contribution in [3.05, 3.63) is 11.5 Å². The van der Waals surface area contributed by atoms with Crippen molar-refractivity contribution in [2.24, 2.45) is 0 Å². The zero-order valence-electron chi connectivity index (χ0n) is 48.3. The summed E-state index contributed by atoms with van der Waals surface area (Å²) in [5, 5.41) is 24.2. The Hall–Kier alpha value is -2.50. The summed E-state index contributed by atoms with van der Waals surface area (Å²) in [5.41, 5.74) is -0.291. The van der Waals surface area contributed by atoms with Crippen LogP contribution >= 0.6 is 0 Å². The Kier molecular flexibility index (Phi) is 52.4. The fourth-order valence-corrected chi connectivity index (χ4v) is 9.58. The van der Waals surface area contributed by atoms with Crippen LogP contribution < -0.4 is 5.32 Å². The minimum atomic E-state index is -1.72. The molecule has 0 aromatic rings. The molecule has 0 saturated heterocycles. The summed E-state index contributed by atoms with van der Waals surface area (Å²) in [5.74, 6) is -2.35. The van der Waals surface area contributed by atoms with Crippen molar-refractivity contribution in [3.8, 4) is 0 Å². The van der Waals surface area contributed by atoms with E-state index >= 15 is 0 Å². The zero-order valence-corrected chi connectivity index (χ0v) is 48.3. The average molecular weight is 1040 g/mol. The van der Waals surface area contributed by atoms with E-state index in [1.165, 1.54) is 167 Å². The number of nitrogens with one attached hydrogen (secondary N) is 1. The zero-order chi connectivity index (χ0) is 53.7. The quantitative estimate of drug-likeness (QED) is 0.0176. The fraction of sp³-hybridized carbons (Fsp3) is 0.903. The normalized spacial score (nSPS) is 13.1. The van der Waals surface area contributed by atoms with Gasteiger partial charge in [-0.15, -0.1) is 0 Å². The smallest absolute Gasteiger partial charge is 0.314 e. The van der Waals surface area contributed by atoms with Gasteiger partial charge in [0.2, 0.25) is 5.91 Å². The van der Waals surface area contributed by atoms with E-state index in [2.05, 4.69) is 33.0 Å². The maximum Gasteiger partial charge on any atom is 0.314 e. The van der Waals surface area contributed by atoms with Crippen molar-refractivity contribution in [1.29, 1.82) is 0 Å². The van der Waals surface area contributed by atoms with E-state index in [9.17, 15) is 29.4 Å². The van der Waals surface area contributed by atoms with Crippen LogP contribution in [-0.4, -0.2) is 65.7 Å². The van der Waals surface area contributed by atoms with E-state index < -0.39 is 37.0 Å². The van der Waals surface area contributed by atoms with E-state index in [0.717, 1.165) is 89.9 Å². The molecule has 11 heteroatoms. The Labute approximate surface area is 449 Å². The van der Waals surface area contributed by atoms with Crippen molar-refractivity contribution >= 4 is 23.8 Å². The number of hydrogen-bond donors (Lipinski definition) is 3. The number of esters is 3. The van der Waals surface area contributed by atoms with E-state index in [1.54, 1.807) is 6.92 Å². The highest BCUT2D eigenvalue weighted by atomic mass is 16.6. The van der Waals surface area contributed by atoms with Gasteiger partial charge >= 0.3 is 17.9 Å². The van der Waals surface area contributed by atoms with Crippen LogP contribution in [0.1, 0.15) is 330 Å². The first-order chi connectivity index (χ1) is 35.6. The van der Waals surface area contributed by atoms with Gasteiger partial charge in [0.05, 0.1) is 12.8 Å². The van der Waals surface area contributed by atoms with E-state index in [0.29, 0.717) is 19.3 Å². The number of amides is 1. The molecule has 0 aliphatic heterocycles. The molecule has 0 saturated carbocycles. The van der Waals surface area contributed by atoms with Crippen LogP contribution in [0.5, 0.6) is 0 Å². The fourth-order valence-electron chi connectivity index (χ4n) is 9.58. The van der Waals surface area contributed by atoms with Crippen molar-refractivity contribution in [2.75, 3.05) is 13.2 Å². The standard InChI is InChI=1S/C62H117NO10/c1-6-11-15-19-23-27-29-33-37-41-45-49-58(66)71-54(47-43-39-35-31-25-21-17-13-8-3)51-57(65)63-61(62(69)70-10-5)56(53-64)73-60(68)52-55(48-44-40-36-32-26-22-18-14-9-4)72-59(67)50-46-42-38-34-30-28-24-20-16-12-7-2/h54-55,62,64,69H,6-53H2,1-5H3,(H,63,65)/b61-56+/t54-,55-,62+/m1/s1. The van der Waals surface area contributed by atoms with Gasteiger partial charge in [0, 0.05) is 19.4 Å². The van der Waals surface area contributed by atoms with Gasteiger partial charge in [-0.25, -0.2) is 0 Å². The van der Waals surface area contributed by atoms with Crippen LogP contribution in [0.2, 0.25) is 0 Å². The number of rotatable bonds is 56. The molecule has 0 unspecified atom stereocenters. The molecular formula is C62H117NO10. The molecule has 0 aliphatic rings. The number of hydrogen-bond acceptors (Lipinski definition) is 10. The average Bonchev–Trinajstić information content (AvgIpc) is 3.37. The predicted octanol–water partition coefficient (Wildman–Crippen LogP) is 17.1. The molecule has 0 aromatic heterocycles. The van der Waals surface area contributed by atoms with Gasteiger partial charge in [-0.2, -0.15) is 0 Å². The Bertz CT molecular complexity index is 1310. The third kappa shape index (κ3) is 46.5. The van der Waals surface area contributed by atoms with Gasteiger partial charge in [0.15, 0.2) is 12.0 Å². The highest BCUT2D eigenvalue weighted by molar-refractivity contribution is 5.79. The Balaban J connectivity index is 5.73. The van der Waals surface area contributed by atoms with Gasteiger partial charge in [-0.3, -0.25) is 19.2 Å². The summed E-state index contributed by atoms with van der Waals surface area (Å²) < 4.78 is 23.0. The van der Waals surface area contributed by atoms with Gasteiger partial charge < -0.3 is 34.5 Å². The molecule has 3 atom stereocenters. The molecule has 1 amide bonds. The summed E-state index contributed by atoms with van der Waals surface area (Å²) >= 11 is 0. The molecular weight excluding hydrogens is 919 g/mol. The number of carbonyl (C=O) groups is 4. The van der Waals surface area contributed by atoms with Crippen molar-refractivity contribution in [1.82, 2.24) is 5.32 Å². The van der Waals surface area contributed by atoms with Crippen molar-refractivity contribution in [3.63, 3.8) is 0 Å². The van der Waals surface area contributed by atoms with E-state index in [-0.39, 0.29) is 49.3 Å². The molecule has 3 N–H and O–H groups in total. The van der Waals surface area contributed by atoms with Gasteiger partial charge in [0.25, 0.3) is 0 Å². The largest absolute Gasteiger partial charge is 0.462 e. The summed E-state index contributed by atoms with van der Waals surface area (Å²) in [6.07, 6.45) is 44.4. The second-order valence-electron chi connectivity index (χ2n) is 21.3. The lowest BCUT2D eigenvalue weighted by atomic mass is 10.0. The molecule has 73 heavy (non-hydrogen) atoms. The third-order valence-electron chi connectivity index (χ3n) is 14.2. The Morgan fingerprint density at radius 1 is 0.397 bits per heavy atom. The monoisotopic (exact) mass is 1040 g/mol. The second kappa shape index (κ2) is 54.3. The summed E-state index contributed by atoms with van der Waals surface area (Å²) in [6, 6.07) is 0. The summed E-state index contributed by atoms with van der Waals surface area (Å²) in [4.78, 5) is 53.7. The van der Waals surface area contributed by atoms with Gasteiger partial charge in [-0.05, 0) is 45.4 Å². The first-order valence-electron chi connectivity index (χ1n) is 31.2. The highest BCUT2D eigenvalue weighted by Crippen LogP contribution is 2.21. The number of aliphatic hydroxyl groups is 2. The van der Waals surface area contributed by atoms with Crippen LogP contribution in [0.4, 0.5) is 0 Å². The van der Waals surface area contributed by atoms with Gasteiger partial charge in [-0.1, -0.05) is 259 Å². The molecule has 430 valence electrons. The lowest BCUT2D eigenvalue weighted by Gasteiger charge is -2.22. The lowest BCUT2D eigenvalue weighted by Crippen LogP contribution is -2.36. The maximum absolute atomic E-state index is 13.8. The van der Waals surface area contributed by atoms with Crippen molar-refractivity contribution < 1.29 is 48.3 Å². The molecule has 0 radical (unpaired) electrons. The second-order valence-corrected chi connectivity index (χ2v) is 21.3. The van der Waals surface area contributed by atoms with E-state index in [4.69, 9.17) is 18.9 Å². The number of unbranched alkanes of at least 4 members (excludes halogenated alkanes) is 36. The van der Waals surface area contributed by atoms with Crippen LogP contribution in [-0.2, 0) is 38.1 Å². The van der Waals surface area contributed by atoms with E-state index in [1.807, 2.05) is 0 Å². The molecule has 0 rings (SSSR count). The SMILES string of the molecule is CCCCCCCCCCCCCC(=O)O[C@H](CCCCCCCCCCC)CC(=O)N/C(=C(\CO)OC(=O)C[C@@H](CCCCCCCCCCC)OC(=O)CCCCCCCCCCCCC)[C@@H](O)OCC. The van der Waals surface area contributed by atoms with Crippen molar-refractivity contribution in [2.45, 2.75) is 348 Å². The summed E-state index contributed by atoms with van der Waals surface area (Å²) in [6.45, 7) is 9.84. The molecule has 0 spiro atoms. The van der Waals surface area contributed by atoms with Crippen LogP contribution in [0, 0.1) is 0 Å².